The first-order valence-corrected chi connectivity index (χ1v) is 8.85. The van der Waals surface area contributed by atoms with Crippen LogP contribution in [-0.4, -0.2) is 31.3 Å². The maximum absolute atomic E-state index is 13.0. The van der Waals surface area contributed by atoms with E-state index < -0.39 is 11.8 Å². The summed E-state index contributed by atoms with van der Waals surface area (Å²) in [5.74, 6) is -0.324. The lowest BCUT2D eigenvalue weighted by atomic mass is 9.65. The van der Waals surface area contributed by atoms with Crippen LogP contribution in [0.15, 0.2) is 34.5 Å². The highest BCUT2D eigenvalue weighted by molar-refractivity contribution is 5.94. The Morgan fingerprint density at radius 1 is 1.19 bits per heavy atom. The highest BCUT2D eigenvalue weighted by Gasteiger charge is 2.65. The van der Waals surface area contributed by atoms with E-state index in [9.17, 15) is 18.0 Å². The first kappa shape index (κ1) is 17.5. The van der Waals surface area contributed by atoms with Gasteiger partial charge < -0.3 is 10.1 Å². The van der Waals surface area contributed by atoms with Gasteiger partial charge in [0.2, 0.25) is 0 Å². The van der Waals surface area contributed by atoms with E-state index in [-0.39, 0.29) is 17.6 Å². The van der Waals surface area contributed by atoms with E-state index in [4.69, 9.17) is 4.74 Å². The Hall–Kier alpha value is -1.96. The molecule has 1 aliphatic carbocycles. The van der Waals surface area contributed by atoms with Crippen molar-refractivity contribution in [3.8, 4) is 0 Å². The van der Waals surface area contributed by atoms with Gasteiger partial charge in [-0.05, 0) is 43.2 Å². The minimum absolute atomic E-state index is 0.00186. The standard InChI is InChI=1S/C18H20F3N3O2/c19-18(20,21)17(23-24-17)13-4-2-12(3-5-13)15(25)22-10-14-6-9-16(11-26-14)7-1-8-16/h2-5,14H,1,6-11H2,(H,22,25). The molecule has 1 unspecified atom stereocenters. The van der Waals surface area contributed by atoms with Crippen LogP contribution in [0.5, 0.6) is 0 Å². The molecule has 1 aromatic carbocycles. The molecule has 1 spiro atoms. The van der Waals surface area contributed by atoms with Gasteiger partial charge in [-0.1, -0.05) is 18.6 Å². The quantitative estimate of drug-likeness (QED) is 0.876. The highest BCUT2D eigenvalue weighted by Crippen LogP contribution is 2.52. The third kappa shape index (κ3) is 3.00. The molecule has 4 rings (SSSR count). The Labute approximate surface area is 149 Å². The lowest BCUT2D eigenvalue weighted by molar-refractivity contribution is -0.166. The smallest absolute Gasteiger partial charge is 0.376 e. The minimum atomic E-state index is -4.56. The Bertz CT molecular complexity index is 710. The van der Waals surface area contributed by atoms with E-state index in [0.29, 0.717) is 17.5 Å². The third-order valence-electron chi connectivity index (χ3n) is 5.77. The largest absolute Gasteiger partial charge is 0.442 e. The number of halogens is 3. The summed E-state index contributed by atoms with van der Waals surface area (Å²) in [7, 11) is 0. The van der Waals surface area contributed by atoms with Crippen molar-refractivity contribution in [1.82, 2.24) is 5.32 Å². The number of nitrogens with one attached hydrogen (secondary N) is 1. The number of ether oxygens (including phenoxy) is 1. The van der Waals surface area contributed by atoms with Crippen molar-refractivity contribution < 1.29 is 22.7 Å². The van der Waals surface area contributed by atoms with Crippen LogP contribution in [0, 0.1) is 5.41 Å². The van der Waals surface area contributed by atoms with Crippen LogP contribution in [0.3, 0.4) is 0 Å². The number of carbonyl (C=O) groups excluding carboxylic acids is 1. The fourth-order valence-corrected chi connectivity index (χ4v) is 3.75. The fraction of sp³-hybridized carbons (Fsp3) is 0.611. The van der Waals surface area contributed by atoms with Crippen molar-refractivity contribution in [2.75, 3.05) is 13.2 Å². The number of alkyl halides is 3. The maximum Gasteiger partial charge on any atom is 0.442 e. The molecule has 1 aromatic rings. The Morgan fingerprint density at radius 2 is 1.88 bits per heavy atom. The summed E-state index contributed by atoms with van der Waals surface area (Å²) in [6.45, 7) is 1.17. The van der Waals surface area contributed by atoms with Crippen LogP contribution in [0.4, 0.5) is 13.2 Å². The number of rotatable bonds is 4. The Kier molecular flexibility index (Phi) is 4.06. The first-order valence-electron chi connectivity index (χ1n) is 8.85. The molecule has 1 saturated carbocycles. The second kappa shape index (κ2) is 6.04. The summed E-state index contributed by atoms with van der Waals surface area (Å²) in [6, 6.07) is 5.24. The van der Waals surface area contributed by atoms with Crippen LogP contribution in [-0.2, 0) is 10.4 Å². The highest BCUT2D eigenvalue weighted by atomic mass is 19.4. The summed E-state index contributed by atoms with van der Waals surface area (Å²) < 4.78 is 44.8. The zero-order valence-corrected chi connectivity index (χ0v) is 14.2. The van der Waals surface area contributed by atoms with Crippen LogP contribution in [0.1, 0.15) is 48.0 Å². The van der Waals surface area contributed by atoms with Gasteiger partial charge in [0.1, 0.15) is 0 Å². The number of amides is 1. The van der Waals surface area contributed by atoms with E-state index in [1.54, 1.807) is 0 Å². The van der Waals surface area contributed by atoms with Gasteiger partial charge in [0.15, 0.2) is 0 Å². The Morgan fingerprint density at radius 3 is 2.35 bits per heavy atom. The molecule has 1 saturated heterocycles. The lowest BCUT2D eigenvalue weighted by Gasteiger charge is -2.46. The normalized spacial score (nSPS) is 25.6. The van der Waals surface area contributed by atoms with Gasteiger partial charge in [-0.25, -0.2) is 0 Å². The molecular formula is C18H20F3N3O2. The van der Waals surface area contributed by atoms with Crippen molar-refractivity contribution >= 4 is 5.91 Å². The monoisotopic (exact) mass is 367 g/mol. The van der Waals surface area contributed by atoms with Crippen molar-refractivity contribution in [1.29, 1.82) is 0 Å². The molecule has 1 N–H and O–H groups in total. The second-order valence-corrected chi connectivity index (χ2v) is 7.48. The molecule has 0 bridgehead atoms. The summed E-state index contributed by atoms with van der Waals surface area (Å²) in [5.41, 5.74) is -1.85. The predicted molar refractivity (Wildman–Crippen MR) is 86.6 cm³/mol. The second-order valence-electron chi connectivity index (χ2n) is 7.48. The molecule has 2 fully saturated rings. The summed E-state index contributed by atoms with van der Waals surface area (Å²) >= 11 is 0. The van der Waals surface area contributed by atoms with Crippen LogP contribution in [0.2, 0.25) is 0 Å². The van der Waals surface area contributed by atoms with Gasteiger partial charge >= 0.3 is 11.8 Å². The van der Waals surface area contributed by atoms with Gasteiger partial charge in [0.05, 0.1) is 12.7 Å². The molecule has 140 valence electrons. The Balaban J connectivity index is 1.30. The molecule has 8 heteroatoms. The van der Waals surface area contributed by atoms with E-state index in [1.165, 1.54) is 43.5 Å². The van der Waals surface area contributed by atoms with Crippen LogP contribution < -0.4 is 5.32 Å². The van der Waals surface area contributed by atoms with Gasteiger partial charge in [0, 0.05) is 17.7 Å². The summed E-state index contributed by atoms with van der Waals surface area (Å²) in [6.07, 6.45) is 1.24. The number of benzene rings is 1. The molecule has 3 aliphatic rings. The topological polar surface area (TPSA) is 63.0 Å². The first-order chi connectivity index (χ1) is 12.3. The lowest BCUT2D eigenvalue weighted by Crippen LogP contribution is -2.44. The maximum atomic E-state index is 13.0. The van der Waals surface area contributed by atoms with Crippen molar-refractivity contribution in [2.24, 2.45) is 15.6 Å². The third-order valence-corrected chi connectivity index (χ3v) is 5.77. The van der Waals surface area contributed by atoms with Gasteiger partial charge in [-0.2, -0.15) is 13.2 Å². The van der Waals surface area contributed by atoms with Crippen LogP contribution >= 0.6 is 0 Å². The number of hydrogen-bond donors (Lipinski definition) is 1. The zero-order valence-electron chi connectivity index (χ0n) is 14.2. The average Bonchev–Trinajstić information content (AvgIpc) is 3.41. The van der Waals surface area contributed by atoms with Crippen molar-refractivity contribution in [3.05, 3.63) is 35.4 Å². The number of nitrogens with zero attached hydrogens (tertiary/aromatic N) is 2. The van der Waals surface area contributed by atoms with E-state index in [1.807, 2.05) is 0 Å². The van der Waals surface area contributed by atoms with Gasteiger partial charge in [0.25, 0.3) is 5.91 Å². The van der Waals surface area contributed by atoms with Crippen molar-refractivity contribution in [3.63, 3.8) is 0 Å². The molecular weight excluding hydrogens is 347 g/mol. The van der Waals surface area contributed by atoms with Gasteiger partial charge in [-0.15, -0.1) is 10.2 Å². The fourth-order valence-electron chi connectivity index (χ4n) is 3.75. The van der Waals surface area contributed by atoms with E-state index in [0.717, 1.165) is 19.4 Å². The number of carbonyl (C=O) groups is 1. The average molecular weight is 367 g/mol. The SMILES string of the molecule is O=C(NCC1CCC2(CCC2)CO1)c1ccc(C2(C(F)(F)F)N=N2)cc1. The van der Waals surface area contributed by atoms with Crippen LogP contribution in [0.25, 0.3) is 0 Å². The minimum Gasteiger partial charge on any atom is -0.376 e. The van der Waals surface area contributed by atoms with Crippen molar-refractivity contribution in [2.45, 2.75) is 50.0 Å². The predicted octanol–water partition coefficient (Wildman–Crippen LogP) is 3.95. The van der Waals surface area contributed by atoms with E-state index >= 15 is 0 Å². The molecule has 2 aliphatic heterocycles. The van der Waals surface area contributed by atoms with E-state index in [2.05, 4.69) is 15.5 Å². The molecule has 5 nitrogen and oxygen atoms in total. The molecule has 1 atom stereocenters. The molecule has 1 amide bonds. The summed E-state index contributed by atoms with van der Waals surface area (Å²) in [5, 5.41) is 9.11. The van der Waals surface area contributed by atoms with Gasteiger partial charge in [-0.3, -0.25) is 4.79 Å². The summed E-state index contributed by atoms with van der Waals surface area (Å²) in [4.78, 5) is 12.2. The number of hydrogen-bond acceptors (Lipinski definition) is 4. The molecule has 26 heavy (non-hydrogen) atoms. The molecule has 0 radical (unpaired) electrons. The zero-order chi connectivity index (χ0) is 18.4. The molecule has 0 aromatic heterocycles. The molecule has 2 heterocycles.